The van der Waals surface area contributed by atoms with Gasteiger partial charge in [-0.05, 0) is 47.4 Å². The van der Waals surface area contributed by atoms with Crippen LogP contribution in [0, 0.1) is 0 Å². The van der Waals surface area contributed by atoms with Gasteiger partial charge in [-0.3, -0.25) is 4.90 Å². The Hall–Kier alpha value is -2.63. The Morgan fingerprint density at radius 3 is 1.93 bits per heavy atom. The molecule has 0 aromatic heterocycles. The second-order valence-electron chi connectivity index (χ2n) is 7.65. The molecule has 3 aromatic carbocycles. The molecule has 0 bridgehead atoms. The zero-order valence-electron chi connectivity index (χ0n) is 16.7. The van der Waals surface area contributed by atoms with Crippen molar-refractivity contribution in [1.82, 2.24) is 10.2 Å². The Bertz CT molecular complexity index is 927. The van der Waals surface area contributed by atoms with Crippen molar-refractivity contribution in [1.29, 1.82) is 0 Å². The Morgan fingerprint density at radius 2 is 1.30 bits per heavy atom. The molecule has 5 heteroatoms. The summed E-state index contributed by atoms with van der Waals surface area (Å²) in [6, 6.07) is 24.1. The molecule has 0 amide bonds. The van der Waals surface area contributed by atoms with Crippen molar-refractivity contribution in [3.63, 3.8) is 0 Å². The highest BCUT2D eigenvalue weighted by atomic mass is 19.4. The van der Waals surface area contributed by atoms with Crippen LogP contribution in [-0.2, 0) is 6.18 Å². The first-order chi connectivity index (χ1) is 14.5. The average molecular weight is 410 g/mol. The van der Waals surface area contributed by atoms with Crippen LogP contribution >= 0.6 is 0 Å². The van der Waals surface area contributed by atoms with Crippen LogP contribution < -0.4 is 5.32 Å². The van der Waals surface area contributed by atoms with Gasteiger partial charge in [-0.1, -0.05) is 66.7 Å². The van der Waals surface area contributed by atoms with Crippen LogP contribution in [0.5, 0.6) is 0 Å². The third kappa shape index (κ3) is 4.74. The molecule has 1 N–H and O–H groups in total. The van der Waals surface area contributed by atoms with E-state index in [4.69, 9.17) is 0 Å². The second kappa shape index (κ2) is 9.02. The van der Waals surface area contributed by atoms with E-state index < -0.39 is 11.7 Å². The first-order valence-corrected chi connectivity index (χ1v) is 10.3. The minimum Gasteiger partial charge on any atom is -0.315 e. The lowest BCUT2D eigenvalue weighted by Crippen LogP contribution is -2.33. The van der Waals surface area contributed by atoms with Crippen LogP contribution in [0.1, 0.15) is 29.2 Å². The van der Waals surface area contributed by atoms with Gasteiger partial charge in [0, 0.05) is 19.6 Å². The van der Waals surface area contributed by atoms with Gasteiger partial charge >= 0.3 is 6.18 Å². The van der Waals surface area contributed by atoms with Crippen LogP contribution in [0.4, 0.5) is 13.2 Å². The maximum absolute atomic E-state index is 13.0. The van der Waals surface area contributed by atoms with Crippen LogP contribution in [0.15, 0.2) is 78.9 Å². The number of alkyl halides is 3. The van der Waals surface area contributed by atoms with E-state index in [1.165, 1.54) is 12.1 Å². The molecular formula is C25H25F3N2. The second-order valence-corrected chi connectivity index (χ2v) is 7.65. The highest BCUT2D eigenvalue weighted by Gasteiger charge is 2.31. The molecule has 30 heavy (non-hydrogen) atoms. The molecular weight excluding hydrogens is 385 g/mol. The van der Waals surface area contributed by atoms with Crippen LogP contribution in [0.2, 0.25) is 0 Å². The zero-order valence-corrected chi connectivity index (χ0v) is 16.7. The lowest BCUT2D eigenvalue weighted by atomic mass is 9.94. The number of hydrogen-bond acceptors (Lipinski definition) is 2. The molecule has 0 spiro atoms. The van der Waals surface area contributed by atoms with Gasteiger partial charge in [0.15, 0.2) is 0 Å². The first kappa shape index (κ1) is 20.6. The third-order valence-electron chi connectivity index (χ3n) is 5.63. The molecule has 3 aromatic rings. The van der Waals surface area contributed by atoms with Crippen LogP contribution in [0.25, 0.3) is 11.1 Å². The Balaban J connectivity index is 1.68. The molecule has 0 aliphatic carbocycles. The van der Waals surface area contributed by atoms with Crippen molar-refractivity contribution in [2.24, 2.45) is 0 Å². The molecule has 1 fully saturated rings. The topological polar surface area (TPSA) is 15.3 Å². The third-order valence-corrected chi connectivity index (χ3v) is 5.63. The lowest BCUT2D eigenvalue weighted by molar-refractivity contribution is -0.137. The summed E-state index contributed by atoms with van der Waals surface area (Å²) in [6.45, 7) is 3.59. The number of nitrogens with zero attached hydrogens (tertiary/aromatic N) is 1. The summed E-state index contributed by atoms with van der Waals surface area (Å²) in [6.07, 6.45) is -3.31. The number of rotatable bonds is 4. The Labute approximate surface area is 175 Å². The van der Waals surface area contributed by atoms with Gasteiger partial charge in [0.05, 0.1) is 11.6 Å². The fraction of sp³-hybridized carbons (Fsp3) is 0.280. The van der Waals surface area contributed by atoms with E-state index in [-0.39, 0.29) is 6.04 Å². The van der Waals surface area contributed by atoms with Gasteiger partial charge in [0.25, 0.3) is 0 Å². The first-order valence-electron chi connectivity index (χ1n) is 10.3. The quantitative estimate of drug-likeness (QED) is 0.589. The number of benzene rings is 3. The van der Waals surface area contributed by atoms with Crippen molar-refractivity contribution < 1.29 is 13.2 Å². The summed E-state index contributed by atoms with van der Waals surface area (Å²) in [4.78, 5) is 2.36. The van der Waals surface area contributed by atoms with Crippen molar-refractivity contribution in [3.05, 3.63) is 95.6 Å². The van der Waals surface area contributed by atoms with E-state index in [2.05, 4.69) is 46.6 Å². The highest BCUT2D eigenvalue weighted by molar-refractivity contribution is 5.63. The lowest BCUT2D eigenvalue weighted by Gasteiger charge is -2.31. The van der Waals surface area contributed by atoms with Gasteiger partial charge < -0.3 is 5.32 Å². The predicted molar refractivity (Wildman–Crippen MR) is 114 cm³/mol. The van der Waals surface area contributed by atoms with E-state index in [1.807, 2.05) is 18.2 Å². The monoisotopic (exact) mass is 410 g/mol. The smallest absolute Gasteiger partial charge is 0.315 e. The minimum atomic E-state index is -4.32. The molecule has 0 saturated carbocycles. The molecule has 1 heterocycles. The van der Waals surface area contributed by atoms with Crippen LogP contribution in [0.3, 0.4) is 0 Å². The van der Waals surface area contributed by atoms with Crippen molar-refractivity contribution in [2.75, 3.05) is 26.2 Å². The van der Waals surface area contributed by atoms with Crippen molar-refractivity contribution in [2.45, 2.75) is 18.6 Å². The van der Waals surface area contributed by atoms with Crippen molar-refractivity contribution >= 4 is 0 Å². The van der Waals surface area contributed by atoms with E-state index >= 15 is 0 Å². The van der Waals surface area contributed by atoms with Gasteiger partial charge in [-0.2, -0.15) is 13.2 Å². The fourth-order valence-electron chi connectivity index (χ4n) is 4.08. The summed E-state index contributed by atoms with van der Waals surface area (Å²) in [5.41, 5.74) is 3.65. The maximum Gasteiger partial charge on any atom is 0.416 e. The Kier molecular flexibility index (Phi) is 6.21. The molecule has 156 valence electrons. The molecule has 1 aliphatic rings. The molecule has 1 atom stereocenters. The molecule has 2 nitrogen and oxygen atoms in total. The standard InChI is InChI=1S/C25H25F3N2/c26-25(27,28)23-13-11-22(12-14-23)24(30-17-4-15-29-16-18-30)21-9-7-20(8-10-21)19-5-2-1-3-6-19/h1-3,5-14,24,29H,4,15-18H2. The van der Waals surface area contributed by atoms with E-state index in [9.17, 15) is 13.2 Å². The van der Waals surface area contributed by atoms with E-state index in [0.717, 1.165) is 54.9 Å². The minimum absolute atomic E-state index is 0.0722. The molecule has 1 saturated heterocycles. The summed E-state index contributed by atoms with van der Waals surface area (Å²) in [5, 5.41) is 3.40. The molecule has 1 aliphatic heterocycles. The maximum atomic E-state index is 13.0. The van der Waals surface area contributed by atoms with Gasteiger partial charge in [-0.15, -0.1) is 0 Å². The summed E-state index contributed by atoms with van der Waals surface area (Å²) < 4.78 is 39.1. The SMILES string of the molecule is FC(F)(F)c1ccc(C(c2ccc(-c3ccccc3)cc2)N2CCCNCC2)cc1. The highest BCUT2D eigenvalue weighted by Crippen LogP contribution is 2.34. The summed E-state index contributed by atoms with van der Waals surface area (Å²) >= 11 is 0. The van der Waals surface area contributed by atoms with Gasteiger partial charge in [-0.25, -0.2) is 0 Å². The number of halogens is 3. The van der Waals surface area contributed by atoms with E-state index in [0.29, 0.717) is 0 Å². The fourth-order valence-corrected chi connectivity index (χ4v) is 4.08. The zero-order chi connectivity index (χ0) is 21.0. The van der Waals surface area contributed by atoms with Gasteiger partial charge in [0.1, 0.15) is 0 Å². The van der Waals surface area contributed by atoms with Crippen molar-refractivity contribution in [3.8, 4) is 11.1 Å². The molecule has 0 radical (unpaired) electrons. The van der Waals surface area contributed by atoms with Gasteiger partial charge in [0.2, 0.25) is 0 Å². The van der Waals surface area contributed by atoms with E-state index in [1.54, 1.807) is 12.1 Å². The summed E-state index contributed by atoms with van der Waals surface area (Å²) in [5.74, 6) is 0. The molecule has 1 unspecified atom stereocenters. The Morgan fingerprint density at radius 1 is 0.700 bits per heavy atom. The summed E-state index contributed by atoms with van der Waals surface area (Å²) in [7, 11) is 0. The average Bonchev–Trinajstić information content (AvgIpc) is 3.04. The predicted octanol–water partition coefficient (Wildman–Crippen LogP) is 5.76. The van der Waals surface area contributed by atoms with Crippen LogP contribution in [-0.4, -0.2) is 31.1 Å². The molecule has 4 rings (SSSR count). The number of hydrogen-bond donors (Lipinski definition) is 1. The normalized spacial score (nSPS) is 16.8. The number of nitrogens with one attached hydrogen (secondary N) is 1. The largest absolute Gasteiger partial charge is 0.416 e.